The number of hydrogen-bond acceptors (Lipinski definition) is 5. The molecule has 0 aliphatic rings. The van der Waals surface area contributed by atoms with E-state index in [0.29, 0.717) is 11.0 Å². The van der Waals surface area contributed by atoms with Crippen LogP contribution in [0.1, 0.15) is 27.2 Å². The largest absolute Gasteiger partial charge is 0.383 e. The van der Waals surface area contributed by atoms with Crippen LogP contribution in [0.5, 0.6) is 0 Å². The Kier molecular flexibility index (Phi) is 3.79. The quantitative estimate of drug-likeness (QED) is 0.609. The molecule has 0 amide bonds. The predicted molar refractivity (Wildman–Crippen MR) is 66.2 cm³/mol. The lowest BCUT2D eigenvalue weighted by atomic mass is 10.0. The van der Waals surface area contributed by atoms with Crippen molar-refractivity contribution in [2.45, 2.75) is 37.9 Å². The average Bonchev–Trinajstić information content (AvgIpc) is 2.16. The standard InChI is InChI=1S/C10H18N4S/c1-5-10(2,3)14-8-6-7(11)12-9(13-8)15-4/h6H,5H2,1-4H3,(H3,11,12,13,14). The van der Waals surface area contributed by atoms with E-state index >= 15 is 0 Å². The van der Waals surface area contributed by atoms with Crippen LogP contribution >= 0.6 is 11.8 Å². The molecule has 0 saturated carbocycles. The summed E-state index contributed by atoms with van der Waals surface area (Å²) >= 11 is 1.49. The second kappa shape index (κ2) is 4.70. The molecule has 4 nitrogen and oxygen atoms in total. The van der Waals surface area contributed by atoms with Crippen molar-refractivity contribution in [3.8, 4) is 0 Å². The van der Waals surface area contributed by atoms with Crippen molar-refractivity contribution in [2.24, 2.45) is 0 Å². The topological polar surface area (TPSA) is 63.8 Å². The molecular weight excluding hydrogens is 208 g/mol. The molecule has 0 spiro atoms. The van der Waals surface area contributed by atoms with Crippen molar-refractivity contribution in [1.29, 1.82) is 0 Å². The maximum atomic E-state index is 5.69. The zero-order valence-corrected chi connectivity index (χ0v) is 10.5. The van der Waals surface area contributed by atoms with Crippen LogP contribution < -0.4 is 11.1 Å². The van der Waals surface area contributed by atoms with Crippen LogP contribution in [-0.2, 0) is 0 Å². The van der Waals surface area contributed by atoms with Gasteiger partial charge in [-0.25, -0.2) is 9.97 Å². The lowest BCUT2D eigenvalue weighted by Gasteiger charge is -2.25. The van der Waals surface area contributed by atoms with Crippen LogP contribution in [0.3, 0.4) is 0 Å². The molecule has 0 saturated heterocycles. The van der Waals surface area contributed by atoms with Crippen molar-refractivity contribution < 1.29 is 0 Å². The summed E-state index contributed by atoms with van der Waals surface area (Å²) in [6, 6.07) is 1.76. The molecule has 1 rings (SSSR count). The molecule has 0 aromatic carbocycles. The van der Waals surface area contributed by atoms with Crippen LogP contribution in [0.2, 0.25) is 0 Å². The Morgan fingerprint density at radius 3 is 2.67 bits per heavy atom. The molecule has 0 aliphatic carbocycles. The number of rotatable bonds is 4. The summed E-state index contributed by atoms with van der Waals surface area (Å²) < 4.78 is 0. The first-order valence-corrected chi connectivity index (χ1v) is 6.16. The van der Waals surface area contributed by atoms with Crippen LogP contribution in [0, 0.1) is 0 Å². The minimum atomic E-state index is 0.0243. The molecular formula is C10H18N4S. The monoisotopic (exact) mass is 226 g/mol. The zero-order chi connectivity index (χ0) is 11.5. The van der Waals surface area contributed by atoms with Crippen molar-refractivity contribution in [2.75, 3.05) is 17.3 Å². The summed E-state index contributed by atoms with van der Waals surface area (Å²) in [7, 11) is 0. The Morgan fingerprint density at radius 2 is 2.13 bits per heavy atom. The Morgan fingerprint density at radius 1 is 1.47 bits per heavy atom. The molecule has 0 unspecified atom stereocenters. The third-order valence-corrected chi connectivity index (χ3v) is 2.81. The summed E-state index contributed by atoms with van der Waals surface area (Å²) in [6.45, 7) is 6.39. The highest BCUT2D eigenvalue weighted by Gasteiger charge is 2.15. The van der Waals surface area contributed by atoms with Crippen LogP contribution in [-0.4, -0.2) is 21.8 Å². The normalized spacial score (nSPS) is 11.5. The smallest absolute Gasteiger partial charge is 0.191 e. The summed E-state index contributed by atoms with van der Waals surface area (Å²) in [4.78, 5) is 8.44. The van der Waals surface area contributed by atoms with Gasteiger partial charge in [0.2, 0.25) is 0 Å². The lowest BCUT2D eigenvalue weighted by Crippen LogP contribution is -2.30. The van der Waals surface area contributed by atoms with E-state index in [1.165, 1.54) is 11.8 Å². The van der Waals surface area contributed by atoms with Gasteiger partial charge in [0, 0.05) is 11.6 Å². The summed E-state index contributed by atoms with van der Waals surface area (Å²) in [5, 5.41) is 4.04. The van der Waals surface area contributed by atoms with Crippen LogP contribution in [0.4, 0.5) is 11.6 Å². The molecule has 0 radical (unpaired) electrons. The number of anilines is 2. The van der Waals surface area contributed by atoms with Gasteiger partial charge in [-0.2, -0.15) is 0 Å². The fourth-order valence-corrected chi connectivity index (χ4v) is 1.42. The SMILES string of the molecule is CCC(C)(C)Nc1cc(N)nc(SC)n1. The van der Waals surface area contributed by atoms with Gasteiger partial charge in [-0.05, 0) is 26.5 Å². The maximum Gasteiger partial charge on any atom is 0.191 e. The first kappa shape index (κ1) is 12.1. The van der Waals surface area contributed by atoms with Gasteiger partial charge in [0.05, 0.1) is 0 Å². The van der Waals surface area contributed by atoms with E-state index in [1.807, 2.05) is 6.26 Å². The van der Waals surface area contributed by atoms with Gasteiger partial charge in [0.15, 0.2) is 5.16 Å². The minimum absolute atomic E-state index is 0.0243. The molecule has 0 atom stereocenters. The fourth-order valence-electron chi connectivity index (χ4n) is 1.03. The first-order valence-electron chi connectivity index (χ1n) is 4.93. The van der Waals surface area contributed by atoms with Crippen LogP contribution in [0.25, 0.3) is 0 Å². The number of nitrogens with two attached hydrogens (primary N) is 1. The Labute approximate surface area is 95.1 Å². The highest BCUT2D eigenvalue weighted by molar-refractivity contribution is 7.98. The Balaban J connectivity index is 2.90. The third kappa shape index (κ3) is 3.58. The van der Waals surface area contributed by atoms with Crippen molar-refractivity contribution in [3.63, 3.8) is 0 Å². The van der Waals surface area contributed by atoms with Crippen LogP contribution in [0.15, 0.2) is 11.2 Å². The number of hydrogen-bond donors (Lipinski definition) is 2. The van der Waals surface area contributed by atoms with Gasteiger partial charge in [0.25, 0.3) is 0 Å². The summed E-state index contributed by atoms with van der Waals surface area (Å²) in [6.07, 6.45) is 2.95. The van der Waals surface area contributed by atoms with Gasteiger partial charge in [-0.15, -0.1) is 0 Å². The molecule has 3 N–H and O–H groups in total. The second-order valence-corrected chi connectivity index (χ2v) is 4.80. The molecule has 1 aromatic heterocycles. The van der Waals surface area contributed by atoms with Gasteiger partial charge in [-0.1, -0.05) is 18.7 Å². The van der Waals surface area contributed by atoms with Gasteiger partial charge in [0.1, 0.15) is 11.6 Å². The molecule has 0 bridgehead atoms. The maximum absolute atomic E-state index is 5.69. The average molecular weight is 226 g/mol. The third-order valence-electron chi connectivity index (χ3n) is 2.26. The van der Waals surface area contributed by atoms with Crippen molar-refractivity contribution in [1.82, 2.24) is 9.97 Å². The Bertz CT molecular complexity index is 338. The van der Waals surface area contributed by atoms with Gasteiger partial charge in [-0.3, -0.25) is 0 Å². The van der Waals surface area contributed by atoms with E-state index in [9.17, 15) is 0 Å². The number of thioether (sulfide) groups is 1. The molecule has 15 heavy (non-hydrogen) atoms. The molecule has 1 aromatic rings. The lowest BCUT2D eigenvalue weighted by molar-refractivity contribution is 0.544. The zero-order valence-electron chi connectivity index (χ0n) is 9.66. The van der Waals surface area contributed by atoms with Gasteiger partial charge >= 0.3 is 0 Å². The highest BCUT2D eigenvalue weighted by atomic mass is 32.2. The minimum Gasteiger partial charge on any atom is -0.383 e. The van der Waals surface area contributed by atoms with E-state index in [2.05, 4.69) is 36.1 Å². The van der Waals surface area contributed by atoms with E-state index in [-0.39, 0.29) is 5.54 Å². The predicted octanol–water partition coefficient (Wildman–Crippen LogP) is 2.38. The number of nitrogen functional groups attached to an aromatic ring is 1. The first-order chi connectivity index (χ1) is 6.96. The number of nitrogens with one attached hydrogen (secondary N) is 1. The Hall–Kier alpha value is -0.970. The van der Waals surface area contributed by atoms with Crippen molar-refractivity contribution in [3.05, 3.63) is 6.07 Å². The molecule has 0 fully saturated rings. The highest BCUT2D eigenvalue weighted by Crippen LogP contribution is 2.20. The molecule has 0 aliphatic heterocycles. The number of nitrogens with zero attached hydrogens (tertiary/aromatic N) is 2. The summed E-state index contributed by atoms with van der Waals surface area (Å²) in [5.74, 6) is 1.29. The second-order valence-electron chi connectivity index (χ2n) is 4.03. The van der Waals surface area contributed by atoms with E-state index < -0.39 is 0 Å². The van der Waals surface area contributed by atoms with Crippen molar-refractivity contribution >= 4 is 23.4 Å². The van der Waals surface area contributed by atoms with E-state index in [1.54, 1.807) is 6.07 Å². The summed E-state index contributed by atoms with van der Waals surface area (Å²) in [5.41, 5.74) is 5.72. The van der Waals surface area contributed by atoms with Gasteiger partial charge < -0.3 is 11.1 Å². The molecule has 84 valence electrons. The van der Waals surface area contributed by atoms with E-state index in [0.717, 1.165) is 12.2 Å². The number of aromatic nitrogens is 2. The molecule has 5 heteroatoms. The fraction of sp³-hybridized carbons (Fsp3) is 0.600. The van der Waals surface area contributed by atoms with E-state index in [4.69, 9.17) is 5.73 Å². The molecule has 1 heterocycles.